The number of hydrogen-bond acceptors (Lipinski definition) is 4. The zero-order valence-electron chi connectivity index (χ0n) is 12.7. The molecule has 3 N–H and O–H groups in total. The molecule has 0 radical (unpaired) electrons. The van der Waals surface area contributed by atoms with Crippen molar-refractivity contribution < 1.29 is 18.0 Å². The van der Waals surface area contributed by atoms with E-state index in [4.69, 9.17) is 0 Å². The Bertz CT molecular complexity index is 787. The van der Waals surface area contributed by atoms with Gasteiger partial charge in [-0.2, -0.15) is 13.2 Å². The number of anilines is 1. The van der Waals surface area contributed by atoms with Crippen LogP contribution < -0.4 is 16.2 Å². The van der Waals surface area contributed by atoms with Crippen molar-refractivity contribution in [1.29, 1.82) is 0 Å². The summed E-state index contributed by atoms with van der Waals surface area (Å²) < 4.78 is 38.4. The van der Waals surface area contributed by atoms with Crippen LogP contribution in [0.2, 0.25) is 0 Å². The SMILES string of the molecule is Cc1ccc(C(=O)NCCNc2ncccc2C(F)(F)F)c(=O)[nH]1. The smallest absolute Gasteiger partial charge is 0.368 e. The van der Waals surface area contributed by atoms with E-state index in [1.54, 1.807) is 13.0 Å². The highest BCUT2D eigenvalue weighted by Gasteiger charge is 2.33. The van der Waals surface area contributed by atoms with Gasteiger partial charge < -0.3 is 15.6 Å². The third-order valence-electron chi connectivity index (χ3n) is 3.12. The number of nitrogens with zero attached hydrogens (tertiary/aromatic N) is 1. The van der Waals surface area contributed by atoms with Crippen molar-refractivity contribution in [3.05, 3.63) is 57.6 Å². The van der Waals surface area contributed by atoms with E-state index in [1.807, 2.05) is 0 Å². The molecule has 0 unspecified atom stereocenters. The average molecular weight is 340 g/mol. The van der Waals surface area contributed by atoms with Gasteiger partial charge in [0.15, 0.2) is 0 Å². The van der Waals surface area contributed by atoms with Crippen molar-refractivity contribution >= 4 is 11.7 Å². The molecular formula is C15H15F3N4O2. The highest BCUT2D eigenvalue weighted by molar-refractivity contribution is 5.93. The predicted molar refractivity (Wildman–Crippen MR) is 81.9 cm³/mol. The summed E-state index contributed by atoms with van der Waals surface area (Å²) in [7, 11) is 0. The molecule has 2 rings (SSSR count). The molecule has 0 aliphatic rings. The van der Waals surface area contributed by atoms with Gasteiger partial charge in [-0.3, -0.25) is 9.59 Å². The number of nitrogens with one attached hydrogen (secondary N) is 3. The molecule has 2 aromatic heterocycles. The first-order chi connectivity index (χ1) is 11.3. The van der Waals surface area contributed by atoms with E-state index in [1.165, 1.54) is 18.3 Å². The van der Waals surface area contributed by atoms with E-state index in [2.05, 4.69) is 20.6 Å². The van der Waals surface area contributed by atoms with Crippen molar-refractivity contribution in [2.45, 2.75) is 13.1 Å². The number of carbonyl (C=O) groups excluding carboxylic acids is 1. The highest BCUT2D eigenvalue weighted by atomic mass is 19.4. The number of aromatic nitrogens is 2. The van der Waals surface area contributed by atoms with Gasteiger partial charge in [-0.25, -0.2) is 4.98 Å². The van der Waals surface area contributed by atoms with Crippen LogP contribution in [0.25, 0.3) is 0 Å². The van der Waals surface area contributed by atoms with Crippen LogP contribution in [0.4, 0.5) is 19.0 Å². The molecule has 128 valence electrons. The summed E-state index contributed by atoms with van der Waals surface area (Å²) in [6.07, 6.45) is -3.28. The molecule has 0 atom stereocenters. The number of H-pyrrole nitrogens is 1. The monoisotopic (exact) mass is 340 g/mol. The Labute approximate surface area is 135 Å². The van der Waals surface area contributed by atoms with Crippen LogP contribution in [0, 0.1) is 6.92 Å². The van der Waals surface area contributed by atoms with Crippen LogP contribution in [-0.2, 0) is 6.18 Å². The molecule has 0 saturated carbocycles. The lowest BCUT2D eigenvalue weighted by molar-refractivity contribution is -0.137. The Hall–Kier alpha value is -2.84. The minimum Gasteiger partial charge on any atom is -0.368 e. The Kier molecular flexibility index (Phi) is 5.22. The van der Waals surface area contributed by atoms with Gasteiger partial charge in [0.2, 0.25) is 0 Å². The summed E-state index contributed by atoms with van der Waals surface area (Å²) >= 11 is 0. The van der Waals surface area contributed by atoms with Gasteiger partial charge in [0.05, 0.1) is 5.56 Å². The van der Waals surface area contributed by atoms with E-state index in [0.29, 0.717) is 5.69 Å². The van der Waals surface area contributed by atoms with E-state index < -0.39 is 23.2 Å². The predicted octanol–water partition coefficient (Wildman–Crippen LogP) is 1.94. The maximum absolute atomic E-state index is 12.8. The Morgan fingerprint density at radius 3 is 2.67 bits per heavy atom. The summed E-state index contributed by atoms with van der Waals surface area (Å²) in [6, 6.07) is 5.08. The molecule has 0 aliphatic carbocycles. The van der Waals surface area contributed by atoms with Gasteiger partial charge >= 0.3 is 6.18 Å². The van der Waals surface area contributed by atoms with E-state index in [-0.39, 0.29) is 24.5 Å². The van der Waals surface area contributed by atoms with Gasteiger partial charge in [-0.05, 0) is 31.2 Å². The van der Waals surface area contributed by atoms with Crippen molar-refractivity contribution in [3.8, 4) is 0 Å². The number of pyridine rings is 2. The number of halogens is 3. The van der Waals surface area contributed by atoms with Crippen molar-refractivity contribution in [2.75, 3.05) is 18.4 Å². The van der Waals surface area contributed by atoms with Gasteiger partial charge in [0.25, 0.3) is 11.5 Å². The van der Waals surface area contributed by atoms with Crippen LogP contribution in [0.5, 0.6) is 0 Å². The summed E-state index contributed by atoms with van der Waals surface area (Å²) in [4.78, 5) is 29.6. The van der Waals surface area contributed by atoms with Gasteiger partial charge in [-0.15, -0.1) is 0 Å². The van der Waals surface area contributed by atoms with Crippen LogP contribution in [0.3, 0.4) is 0 Å². The Morgan fingerprint density at radius 2 is 2.00 bits per heavy atom. The topological polar surface area (TPSA) is 86.9 Å². The van der Waals surface area contributed by atoms with Gasteiger partial charge in [0, 0.05) is 25.0 Å². The molecule has 9 heteroatoms. The highest BCUT2D eigenvalue weighted by Crippen LogP contribution is 2.33. The van der Waals surface area contributed by atoms with E-state index in [9.17, 15) is 22.8 Å². The lowest BCUT2D eigenvalue weighted by Gasteiger charge is -2.13. The lowest BCUT2D eigenvalue weighted by atomic mass is 10.2. The second-order valence-corrected chi connectivity index (χ2v) is 4.96. The van der Waals surface area contributed by atoms with E-state index >= 15 is 0 Å². The number of aryl methyl sites for hydroxylation is 1. The lowest BCUT2D eigenvalue weighted by Crippen LogP contribution is -2.33. The molecular weight excluding hydrogens is 325 g/mol. The largest absolute Gasteiger partial charge is 0.419 e. The molecule has 24 heavy (non-hydrogen) atoms. The first-order valence-electron chi connectivity index (χ1n) is 7.03. The first-order valence-corrected chi connectivity index (χ1v) is 7.03. The summed E-state index contributed by atoms with van der Waals surface area (Å²) in [5, 5.41) is 4.98. The molecule has 6 nitrogen and oxygen atoms in total. The second-order valence-electron chi connectivity index (χ2n) is 4.96. The number of hydrogen-bond donors (Lipinski definition) is 3. The van der Waals surface area contributed by atoms with Gasteiger partial charge in [-0.1, -0.05) is 0 Å². The van der Waals surface area contributed by atoms with Crippen molar-refractivity contribution in [2.24, 2.45) is 0 Å². The van der Waals surface area contributed by atoms with Crippen molar-refractivity contribution in [1.82, 2.24) is 15.3 Å². The molecule has 2 aromatic rings. The molecule has 0 aliphatic heterocycles. The van der Waals surface area contributed by atoms with Gasteiger partial charge in [0.1, 0.15) is 11.4 Å². The molecule has 1 amide bonds. The fourth-order valence-corrected chi connectivity index (χ4v) is 1.98. The maximum atomic E-state index is 12.8. The molecule has 0 fully saturated rings. The summed E-state index contributed by atoms with van der Waals surface area (Å²) in [6.45, 7) is 1.73. The van der Waals surface area contributed by atoms with Crippen LogP contribution in [-0.4, -0.2) is 29.0 Å². The first kappa shape index (κ1) is 17.5. The number of amides is 1. The van der Waals surface area contributed by atoms with E-state index in [0.717, 1.165) is 6.07 Å². The summed E-state index contributed by atoms with van der Waals surface area (Å²) in [5.41, 5.74) is -0.849. The fourth-order valence-electron chi connectivity index (χ4n) is 1.98. The third-order valence-corrected chi connectivity index (χ3v) is 3.12. The third kappa shape index (κ3) is 4.34. The number of alkyl halides is 3. The minimum atomic E-state index is -4.52. The Morgan fingerprint density at radius 1 is 1.25 bits per heavy atom. The fraction of sp³-hybridized carbons (Fsp3) is 0.267. The normalized spacial score (nSPS) is 11.2. The maximum Gasteiger partial charge on any atom is 0.419 e. The van der Waals surface area contributed by atoms with Crippen molar-refractivity contribution in [3.63, 3.8) is 0 Å². The van der Waals surface area contributed by atoms with Crippen LogP contribution in [0.1, 0.15) is 21.6 Å². The summed E-state index contributed by atoms with van der Waals surface area (Å²) in [5.74, 6) is -0.914. The zero-order chi connectivity index (χ0) is 17.7. The molecule has 2 heterocycles. The van der Waals surface area contributed by atoms with Crippen LogP contribution >= 0.6 is 0 Å². The van der Waals surface area contributed by atoms with Crippen LogP contribution in [0.15, 0.2) is 35.3 Å². The standard InChI is InChI=1S/C15H15F3N4O2/c1-9-4-5-10(14(24)22-9)13(23)21-8-7-20-12-11(15(16,17)18)3-2-6-19-12/h2-6H,7-8H2,1H3,(H,19,20)(H,21,23)(H,22,24). The quantitative estimate of drug-likeness (QED) is 0.726. The minimum absolute atomic E-state index is 0.0234. The Balaban J connectivity index is 1.92. The average Bonchev–Trinajstić information content (AvgIpc) is 2.50. The number of aromatic amines is 1. The molecule has 0 bridgehead atoms. The second kappa shape index (κ2) is 7.16. The number of carbonyl (C=O) groups is 1. The zero-order valence-corrected chi connectivity index (χ0v) is 12.7. The molecule has 0 aromatic carbocycles. The number of rotatable bonds is 5. The molecule has 0 saturated heterocycles. The molecule has 0 spiro atoms.